The molecular formula is C25H25N3O3. The molecule has 6 heteroatoms. The van der Waals surface area contributed by atoms with Gasteiger partial charge in [-0.3, -0.25) is 4.79 Å². The third-order valence-electron chi connectivity index (χ3n) is 5.07. The molecule has 0 fully saturated rings. The van der Waals surface area contributed by atoms with E-state index in [4.69, 9.17) is 14.1 Å². The monoisotopic (exact) mass is 415 g/mol. The summed E-state index contributed by atoms with van der Waals surface area (Å²) in [6.07, 6.45) is 4.11. The Balaban J connectivity index is 1.54. The number of amides is 1. The fourth-order valence-electron chi connectivity index (χ4n) is 3.62. The summed E-state index contributed by atoms with van der Waals surface area (Å²) in [4.78, 5) is 17.2. The highest BCUT2D eigenvalue weighted by Gasteiger charge is 2.20. The van der Waals surface area contributed by atoms with Crippen LogP contribution in [0.3, 0.4) is 0 Å². The maximum atomic E-state index is 12.4. The minimum atomic E-state index is -0.307. The highest BCUT2D eigenvalue weighted by atomic mass is 16.5. The number of ether oxygens (including phenoxy) is 1. The minimum absolute atomic E-state index is 0.272. The van der Waals surface area contributed by atoms with Gasteiger partial charge in [-0.15, -0.1) is 6.58 Å². The van der Waals surface area contributed by atoms with Gasteiger partial charge in [-0.2, -0.15) is 0 Å². The molecule has 0 saturated carbocycles. The van der Waals surface area contributed by atoms with E-state index in [0.29, 0.717) is 13.2 Å². The molecule has 1 atom stereocenters. The van der Waals surface area contributed by atoms with Crippen LogP contribution in [0.5, 0.6) is 5.75 Å². The van der Waals surface area contributed by atoms with E-state index < -0.39 is 0 Å². The van der Waals surface area contributed by atoms with E-state index in [1.165, 1.54) is 6.26 Å². The molecule has 4 rings (SSSR count). The standard InChI is InChI=1S/C25H25N3O3/c1-3-9-19-10-4-7-13-22(19)31-17-15-28-21-12-6-5-11-20(21)27-24(28)18(2)26-25(29)23-14-8-16-30-23/h3-8,10-14,16,18H,1,9,15,17H2,2H3,(H,26,29)/t18-/m1/s1. The number of carbonyl (C=O) groups is 1. The lowest BCUT2D eigenvalue weighted by Crippen LogP contribution is -2.29. The van der Waals surface area contributed by atoms with Crippen LogP contribution in [0.1, 0.15) is 34.9 Å². The summed E-state index contributed by atoms with van der Waals surface area (Å²) >= 11 is 0. The molecule has 2 aromatic heterocycles. The van der Waals surface area contributed by atoms with Gasteiger partial charge >= 0.3 is 0 Å². The number of imidazole rings is 1. The van der Waals surface area contributed by atoms with Crippen LogP contribution >= 0.6 is 0 Å². The molecule has 2 aromatic carbocycles. The zero-order valence-electron chi connectivity index (χ0n) is 17.5. The van der Waals surface area contributed by atoms with E-state index in [2.05, 4.69) is 16.5 Å². The summed E-state index contributed by atoms with van der Waals surface area (Å²) in [5, 5.41) is 2.97. The average Bonchev–Trinajstić information content (AvgIpc) is 3.44. The quantitative estimate of drug-likeness (QED) is 0.394. The Labute approximate surface area is 181 Å². The van der Waals surface area contributed by atoms with Crippen LogP contribution in [0.2, 0.25) is 0 Å². The van der Waals surface area contributed by atoms with Gasteiger partial charge in [0, 0.05) is 0 Å². The van der Waals surface area contributed by atoms with Crippen molar-refractivity contribution in [1.82, 2.24) is 14.9 Å². The zero-order valence-corrected chi connectivity index (χ0v) is 17.5. The molecule has 1 amide bonds. The number of furan rings is 1. The van der Waals surface area contributed by atoms with Crippen LogP contribution in [0.15, 0.2) is 84.0 Å². The Kier molecular flexibility index (Phi) is 6.17. The van der Waals surface area contributed by atoms with E-state index in [1.807, 2.05) is 61.5 Å². The van der Waals surface area contributed by atoms with Crippen molar-refractivity contribution < 1.29 is 13.9 Å². The zero-order chi connectivity index (χ0) is 21.6. The molecule has 0 aliphatic rings. The second-order valence-corrected chi connectivity index (χ2v) is 7.23. The molecule has 31 heavy (non-hydrogen) atoms. The summed E-state index contributed by atoms with van der Waals surface area (Å²) in [7, 11) is 0. The van der Waals surface area contributed by atoms with Crippen LogP contribution in [-0.4, -0.2) is 22.1 Å². The average molecular weight is 415 g/mol. The molecular weight excluding hydrogens is 390 g/mol. The normalized spacial score (nSPS) is 11.9. The van der Waals surface area contributed by atoms with Crippen molar-refractivity contribution in [3.63, 3.8) is 0 Å². The first-order chi connectivity index (χ1) is 15.2. The van der Waals surface area contributed by atoms with E-state index in [0.717, 1.165) is 34.6 Å². The molecule has 0 saturated heterocycles. The number of rotatable bonds is 9. The lowest BCUT2D eigenvalue weighted by atomic mass is 10.1. The fourth-order valence-corrected chi connectivity index (χ4v) is 3.62. The van der Waals surface area contributed by atoms with Gasteiger partial charge in [0.05, 0.1) is 29.9 Å². The largest absolute Gasteiger partial charge is 0.491 e. The molecule has 6 nitrogen and oxygen atoms in total. The van der Waals surface area contributed by atoms with E-state index in [1.54, 1.807) is 12.1 Å². The second kappa shape index (κ2) is 9.34. The summed E-state index contributed by atoms with van der Waals surface area (Å²) in [6.45, 7) is 6.80. The number of nitrogens with one attached hydrogen (secondary N) is 1. The maximum absolute atomic E-state index is 12.4. The summed E-state index contributed by atoms with van der Waals surface area (Å²) in [6, 6.07) is 18.9. The predicted molar refractivity (Wildman–Crippen MR) is 120 cm³/mol. The SMILES string of the molecule is C=CCc1ccccc1OCCn1c([C@@H](C)NC(=O)c2ccco2)nc2ccccc21. The number of fused-ring (bicyclic) bond motifs is 1. The Hall–Kier alpha value is -3.80. The van der Waals surface area contributed by atoms with Crippen LogP contribution in [0.25, 0.3) is 11.0 Å². The number of aromatic nitrogens is 2. The van der Waals surface area contributed by atoms with Crippen LogP contribution in [0.4, 0.5) is 0 Å². The molecule has 2 heterocycles. The molecule has 0 aliphatic carbocycles. The van der Waals surface area contributed by atoms with Crippen molar-refractivity contribution in [1.29, 1.82) is 0 Å². The number of hydrogen-bond donors (Lipinski definition) is 1. The van der Waals surface area contributed by atoms with Gasteiger partial charge in [-0.25, -0.2) is 4.98 Å². The molecule has 158 valence electrons. The Morgan fingerprint density at radius 2 is 2.00 bits per heavy atom. The maximum Gasteiger partial charge on any atom is 0.287 e. The van der Waals surface area contributed by atoms with Gasteiger partial charge in [-0.1, -0.05) is 36.4 Å². The first-order valence-electron chi connectivity index (χ1n) is 10.3. The van der Waals surface area contributed by atoms with Gasteiger partial charge < -0.3 is 19.0 Å². The number of allylic oxidation sites excluding steroid dienone is 1. The first kappa shape index (κ1) is 20.5. The lowest BCUT2D eigenvalue weighted by Gasteiger charge is -2.17. The van der Waals surface area contributed by atoms with E-state index in [-0.39, 0.29) is 17.7 Å². The van der Waals surface area contributed by atoms with Crippen LogP contribution in [0, 0.1) is 0 Å². The summed E-state index contributed by atoms with van der Waals surface area (Å²) < 4.78 is 13.4. The van der Waals surface area contributed by atoms with Gasteiger partial charge in [-0.05, 0) is 49.2 Å². The molecule has 0 aliphatic heterocycles. The third kappa shape index (κ3) is 4.53. The predicted octanol–water partition coefficient (Wildman–Crippen LogP) is 4.93. The summed E-state index contributed by atoms with van der Waals surface area (Å²) in [5.41, 5.74) is 2.98. The second-order valence-electron chi connectivity index (χ2n) is 7.23. The molecule has 4 aromatic rings. The Morgan fingerprint density at radius 1 is 1.19 bits per heavy atom. The molecule has 0 radical (unpaired) electrons. The van der Waals surface area contributed by atoms with E-state index >= 15 is 0 Å². The number of nitrogens with zero attached hydrogens (tertiary/aromatic N) is 2. The van der Waals surface area contributed by atoms with Gasteiger partial charge in [0.25, 0.3) is 5.91 Å². The highest BCUT2D eigenvalue weighted by molar-refractivity contribution is 5.91. The van der Waals surface area contributed by atoms with Crippen LogP contribution < -0.4 is 10.1 Å². The highest BCUT2D eigenvalue weighted by Crippen LogP contribution is 2.23. The van der Waals surface area contributed by atoms with Crippen LogP contribution in [-0.2, 0) is 13.0 Å². The first-order valence-corrected chi connectivity index (χ1v) is 10.3. The molecule has 0 spiro atoms. The van der Waals surface area contributed by atoms with Crippen molar-refractivity contribution in [2.24, 2.45) is 0 Å². The van der Waals surface area contributed by atoms with Gasteiger partial charge in [0.15, 0.2) is 5.76 Å². The smallest absolute Gasteiger partial charge is 0.287 e. The Bertz CT molecular complexity index is 1180. The number of benzene rings is 2. The molecule has 1 N–H and O–H groups in total. The Morgan fingerprint density at radius 3 is 2.81 bits per heavy atom. The number of para-hydroxylation sites is 3. The lowest BCUT2D eigenvalue weighted by molar-refractivity contribution is 0.0909. The topological polar surface area (TPSA) is 69.3 Å². The number of hydrogen-bond acceptors (Lipinski definition) is 4. The van der Waals surface area contributed by atoms with Gasteiger partial charge in [0.2, 0.25) is 0 Å². The van der Waals surface area contributed by atoms with Crippen molar-refractivity contribution in [3.8, 4) is 5.75 Å². The van der Waals surface area contributed by atoms with Crippen molar-refractivity contribution in [3.05, 3.63) is 96.7 Å². The van der Waals surface area contributed by atoms with Crippen molar-refractivity contribution in [2.45, 2.75) is 25.9 Å². The molecule has 0 unspecified atom stereocenters. The van der Waals surface area contributed by atoms with E-state index in [9.17, 15) is 4.79 Å². The third-order valence-corrected chi connectivity index (χ3v) is 5.07. The molecule has 0 bridgehead atoms. The fraction of sp³-hybridized carbons (Fsp3) is 0.200. The van der Waals surface area contributed by atoms with Crippen molar-refractivity contribution >= 4 is 16.9 Å². The minimum Gasteiger partial charge on any atom is -0.491 e. The van der Waals surface area contributed by atoms with Crippen molar-refractivity contribution in [2.75, 3.05) is 6.61 Å². The number of carbonyl (C=O) groups excluding carboxylic acids is 1. The summed E-state index contributed by atoms with van der Waals surface area (Å²) in [5.74, 6) is 1.62. The van der Waals surface area contributed by atoms with Gasteiger partial charge in [0.1, 0.15) is 18.2 Å².